The standard InChI is InChI=1S/C15H22BrN/c1-11(2)9-17-10-12-8-15(12,3)13-6-4-5-7-14(13)16/h4-7,11-12,17H,8-10H2,1-3H3. The summed E-state index contributed by atoms with van der Waals surface area (Å²) in [6.45, 7) is 9.17. The molecular weight excluding hydrogens is 274 g/mol. The monoisotopic (exact) mass is 295 g/mol. The molecule has 2 rings (SSSR count). The summed E-state index contributed by atoms with van der Waals surface area (Å²) in [7, 11) is 0. The number of rotatable bonds is 5. The van der Waals surface area contributed by atoms with Crippen molar-refractivity contribution < 1.29 is 0 Å². The Hall–Kier alpha value is -0.340. The Kier molecular flexibility index (Phi) is 3.94. The maximum absolute atomic E-state index is 3.67. The first kappa shape index (κ1) is 13.1. The minimum atomic E-state index is 0.379. The quantitative estimate of drug-likeness (QED) is 0.867. The Morgan fingerprint density at radius 1 is 1.41 bits per heavy atom. The lowest BCUT2D eigenvalue weighted by atomic mass is 9.95. The van der Waals surface area contributed by atoms with Gasteiger partial charge in [0.25, 0.3) is 0 Å². The zero-order chi connectivity index (χ0) is 12.5. The van der Waals surface area contributed by atoms with Gasteiger partial charge in [0.05, 0.1) is 0 Å². The minimum Gasteiger partial charge on any atom is -0.316 e. The van der Waals surface area contributed by atoms with Gasteiger partial charge >= 0.3 is 0 Å². The number of benzene rings is 1. The van der Waals surface area contributed by atoms with Crippen LogP contribution in [0.3, 0.4) is 0 Å². The van der Waals surface area contributed by atoms with Gasteiger partial charge in [-0.3, -0.25) is 0 Å². The summed E-state index contributed by atoms with van der Waals surface area (Å²) in [4.78, 5) is 0. The molecule has 17 heavy (non-hydrogen) atoms. The second kappa shape index (κ2) is 5.11. The molecule has 1 aliphatic carbocycles. The van der Waals surface area contributed by atoms with Gasteiger partial charge in [0.2, 0.25) is 0 Å². The van der Waals surface area contributed by atoms with Crippen LogP contribution >= 0.6 is 15.9 Å². The molecule has 1 aromatic rings. The minimum absolute atomic E-state index is 0.379. The van der Waals surface area contributed by atoms with Crippen molar-refractivity contribution in [2.24, 2.45) is 11.8 Å². The highest BCUT2D eigenvalue weighted by molar-refractivity contribution is 9.10. The summed E-state index contributed by atoms with van der Waals surface area (Å²) in [5.74, 6) is 1.53. The zero-order valence-electron chi connectivity index (χ0n) is 11.0. The van der Waals surface area contributed by atoms with Crippen molar-refractivity contribution in [3.63, 3.8) is 0 Å². The second-order valence-electron chi connectivity index (χ2n) is 5.85. The van der Waals surface area contributed by atoms with Crippen LogP contribution in [-0.4, -0.2) is 13.1 Å². The summed E-state index contributed by atoms with van der Waals surface area (Å²) in [6.07, 6.45) is 1.31. The Morgan fingerprint density at radius 2 is 2.12 bits per heavy atom. The third-order valence-electron chi connectivity index (χ3n) is 3.84. The first-order valence-electron chi connectivity index (χ1n) is 6.50. The molecule has 2 atom stereocenters. The SMILES string of the molecule is CC(C)CNCC1CC1(C)c1ccccc1Br. The number of halogens is 1. The Morgan fingerprint density at radius 3 is 2.76 bits per heavy atom. The van der Waals surface area contributed by atoms with E-state index in [0.29, 0.717) is 5.41 Å². The van der Waals surface area contributed by atoms with E-state index in [0.717, 1.165) is 24.9 Å². The lowest BCUT2D eigenvalue weighted by molar-refractivity contribution is 0.515. The fourth-order valence-corrected chi connectivity index (χ4v) is 3.29. The topological polar surface area (TPSA) is 12.0 Å². The van der Waals surface area contributed by atoms with Crippen molar-refractivity contribution >= 4 is 15.9 Å². The van der Waals surface area contributed by atoms with Gasteiger partial charge in [-0.1, -0.05) is 54.9 Å². The van der Waals surface area contributed by atoms with Crippen molar-refractivity contribution in [1.82, 2.24) is 5.32 Å². The molecular formula is C15H22BrN. The molecule has 1 saturated carbocycles. The van der Waals surface area contributed by atoms with Crippen LogP contribution in [-0.2, 0) is 5.41 Å². The highest BCUT2D eigenvalue weighted by atomic mass is 79.9. The molecule has 1 N–H and O–H groups in total. The average Bonchev–Trinajstić information content (AvgIpc) is 2.91. The van der Waals surface area contributed by atoms with Crippen LogP contribution in [0, 0.1) is 11.8 Å². The summed E-state index contributed by atoms with van der Waals surface area (Å²) in [5, 5.41) is 3.58. The normalized spacial score (nSPS) is 27.5. The van der Waals surface area contributed by atoms with E-state index >= 15 is 0 Å². The maximum atomic E-state index is 3.67. The molecule has 94 valence electrons. The first-order valence-corrected chi connectivity index (χ1v) is 7.29. The average molecular weight is 296 g/mol. The zero-order valence-corrected chi connectivity index (χ0v) is 12.5. The Bertz CT molecular complexity index is 388. The fraction of sp³-hybridized carbons (Fsp3) is 0.600. The Balaban J connectivity index is 1.93. The van der Waals surface area contributed by atoms with E-state index in [9.17, 15) is 0 Å². The van der Waals surface area contributed by atoms with Gasteiger partial charge in [0, 0.05) is 4.47 Å². The third kappa shape index (κ3) is 2.92. The van der Waals surface area contributed by atoms with Crippen LogP contribution in [0.4, 0.5) is 0 Å². The van der Waals surface area contributed by atoms with Crippen molar-refractivity contribution in [3.05, 3.63) is 34.3 Å². The largest absolute Gasteiger partial charge is 0.316 e. The van der Waals surface area contributed by atoms with Gasteiger partial charge in [-0.2, -0.15) is 0 Å². The molecule has 2 unspecified atom stereocenters. The number of hydrogen-bond acceptors (Lipinski definition) is 1. The van der Waals surface area contributed by atoms with E-state index in [4.69, 9.17) is 0 Å². The molecule has 1 nitrogen and oxygen atoms in total. The molecule has 0 aliphatic heterocycles. The van der Waals surface area contributed by atoms with Crippen molar-refractivity contribution in [3.8, 4) is 0 Å². The molecule has 1 fully saturated rings. The van der Waals surface area contributed by atoms with Crippen molar-refractivity contribution in [2.45, 2.75) is 32.6 Å². The van der Waals surface area contributed by atoms with E-state index in [1.54, 1.807) is 0 Å². The van der Waals surface area contributed by atoms with E-state index in [1.807, 2.05) is 0 Å². The molecule has 0 bridgehead atoms. The smallest absolute Gasteiger partial charge is 0.0212 e. The van der Waals surface area contributed by atoms with Gasteiger partial charge in [-0.05, 0) is 48.4 Å². The summed E-state index contributed by atoms with van der Waals surface area (Å²) in [6, 6.07) is 8.64. The summed E-state index contributed by atoms with van der Waals surface area (Å²) >= 11 is 3.67. The van der Waals surface area contributed by atoms with Crippen molar-refractivity contribution in [2.75, 3.05) is 13.1 Å². The van der Waals surface area contributed by atoms with Gasteiger partial charge in [0.15, 0.2) is 0 Å². The molecule has 0 heterocycles. The van der Waals surface area contributed by atoms with E-state index in [1.165, 1.54) is 16.5 Å². The van der Waals surface area contributed by atoms with Gasteiger partial charge in [0.1, 0.15) is 0 Å². The van der Waals surface area contributed by atoms with Gasteiger partial charge in [-0.15, -0.1) is 0 Å². The number of hydrogen-bond donors (Lipinski definition) is 1. The van der Waals surface area contributed by atoms with Crippen LogP contribution in [0.25, 0.3) is 0 Å². The molecule has 0 radical (unpaired) electrons. The number of nitrogens with one attached hydrogen (secondary N) is 1. The maximum Gasteiger partial charge on any atom is 0.0212 e. The van der Waals surface area contributed by atoms with Crippen LogP contribution in [0.2, 0.25) is 0 Å². The fourth-order valence-electron chi connectivity index (χ4n) is 2.55. The van der Waals surface area contributed by atoms with Gasteiger partial charge in [-0.25, -0.2) is 0 Å². The highest BCUT2D eigenvalue weighted by Crippen LogP contribution is 2.55. The molecule has 1 aliphatic rings. The van der Waals surface area contributed by atoms with Crippen LogP contribution < -0.4 is 5.32 Å². The molecule has 0 amide bonds. The predicted molar refractivity (Wildman–Crippen MR) is 77.3 cm³/mol. The Labute approximate surface area is 113 Å². The highest BCUT2D eigenvalue weighted by Gasteiger charge is 2.51. The predicted octanol–water partition coefficient (Wildman–Crippen LogP) is 3.97. The second-order valence-corrected chi connectivity index (χ2v) is 6.70. The van der Waals surface area contributed by atoms with Crippen molar-refractivity contribution in [1.29, 1.82) is 0 Å². The lowest BCUT2D eigenvalue weighted by Gasteiger charge is -2.15. The first-order chi connectivity index (χ1) is 8.04. The summed E-state index contributed by atoms with van der Waals surface area (Å²) < 4.78 is 1.26. The molecule has 1 aromatic carbocycles. The summed E-state index contributed by atoms with van der Waals surface area (Å²) in [5.41, 5.74) is 1.85. The molecule has 0 aromatic heterocycles. The van der Waals surface area contributed by atoms with E-state index in [-0.39, 0.29) is 0 Å². The molecule has 0 spiro atoms. The van der Waals surface area contributed by atoms with E-state index < -0.39 is 0 Å². The van der Waals surface area contributed by atoms with Crippen LogP contribution in [0.15, 0.2) is 28.7 Å². The van der Waals surface area contributed by atoms with Gasteiger partial charge < -0.3 is 5.32 Å². The third-order valence-corrected chi connectivity index (χ3v) is 4.54. The lowest BCUT2D eigenvalue weighted by Crippen LogP contribution is -2.24. The van der Waals surface area contributed by atoms with Crippen LogP contribution in [0.5, 0.6) is 0 Å². The molecule has 0 saturated heterocycles. The van der Waals surface area contributed by atoms with E-state index in [2.05, 4.69) is 66.3 Å². The molecule has 2 heteroatoms. The van der Waals surface area contributed by atoms with Crippen LogP contribution in [0.1, 0.15) is 32.8 Å².